The number of nitro groups is 1. The topological polar surface area (TPSA) is 99.3 Å². The highest BCUT2D eigenvalue weighted by molar-refractivity contribution is 6.31. The highest BCUT2D eigenvalue weighted by Gasteiger charge is 2.16. The summed E-state index contributed by atoms with van der Waals surface area (Å²) in [6, 6.07) is 17.5. The number of benzene rings is 3. The molecule has 8 nitrogen and oxygen atoms in total. The van der Waals surface area contributed by atoms with Gasteiger partial charge in [0.15, 0.2) is 11.6 Å². The van der Waals surface area contributed by atoms with Crippen LogP contribution >= 0.6 is 11.6 Å². The minimum atomic E-state index is -0.495. The Morgan fingerprint density at radius 1 is 1.17 bits per heavy atom. The van der Waals surface area contributed by atoms with Gasteiger partial charge in [-0.15, -0.1) is 0 Å². The van der Waals surface area contributed by atoms with E-state index in [0.29, 0.717) is 27.5 Å². The second kappa shape index (κ2) is 10.4. The summed E-state index contributed by atoms with van der Waals surface area (Å²) >= 11 is 6.07. The molecule has 0 aliphatic carbocycles. The van der Waals surface area contributed by atoms with Gasteiger partial charge >= 0.3 is 5.69 Å². The van der Waals surface area contributed by atoms with Crippen molar-refractivity contribution in [1.29, 1.82) is 0 Å². The Morgan fingerprint density at radius 3 is 2.74 bits per heavy atom. The number of hydrogen-bond acceptors (Lipinski definition) is 5. The minimum absolute atomic E-state index is 0.0447. The molecule has 0 fully saturated rings. The van der Waals surface area contributed by atoms with Crippen LogP contribution in [0.15, 0.2) is 72.9 Å². The third kappa shape index (κ3) is 5.82. The standard InChI is InChI=1S/C25H20ClFN4O4/c1-16-8-9-23(22(12-16)31(33)34)35-15-17-4-2-5-18(13-17)25(32)28-24-10-11-30(29-24)14-19-20(26)6-3-7-21(19)27/h2-13H,14-15H2,1H3,(H,28,29,32). The van der Waals surface area contributed by atoms with E-state index in [4.69, 9.17) is 16.3 Å². The van der Waals surface area contributed by atoms with Crippen molar-refractivity contribution in [3.63, 3.8) is 0 Å². The summed E-state index contributed by atoms with van der Waals surface area (Å²) in [5.74, 6) is -0.397. The zero-order valence-electron chi connectivity index (χ0n) is 18.6. The van der Waals surface area contributed by atoms with Crippen molar-refractivity contribution in [2.45, 2.75) is 20.1 Å². The Kier molecular flexibility index (Phi) is 7.07. The Balaban J connectivity index is 1.41. The van der Waals surface area contributed by atoms with E-state index in [9.17, 15) is 19.3 Å². The van der Waals surface area contributed by atoms with E-state index in [1.807, 2.05) is 0 Å². The van der Waals surface area contributed by atoms with Crippen LogP contribution < -0.4 is 10.1 Å². The summed E-state index contributed by atoms with van der Waals surface area (Å²) in [5.41, 5.74) is 1.95. The maximum absolute atomic E-state index is 14.0. The lowest BCUT2D eigenvalue weighted by Crippen LogP contribution is -2.13. The summed E-state index contributed by atoms with van der Waals surface area (Å²) in [6.45, 7) is 1.92. The minimum Gasteiger partial charge on any atom is -0.482 e. The van der Waals surface area contributed by atoms with Crippen LogP contribution in [0.2, 0.25) is 5.02 Å². The maximum atomic E-state index is 14.0. The molecule has 35 heavy (non-hydrogen) atoms. The Labute approximate surface area is 205 Å². The predicted molar refractivity (Wildman–Crippen MR) is 129 cm³/mol. The maximum Gasteiger partial charge on any atom is 0.311 e. The van der Waals surface area contributed by atoms with Crippen molar-refractivity contribution in [2.75, 3.05) is 5.32 Å². The molecule has 0 radical (unpaired) electrons. The molecule has 1 aromatic heterocycles. The van der Waals surface area contributed by atoms with Crippen molar-refractivity contribution >= 4 is 29.0 Å². The molecule has 0 atom stereocenters. The van der Waals surface area contributed by atoms with E-state index >= 15 is 0 Å². The number of anilines is 1. The van der Waals surface area contributed by atoms with Crippen LogP contribution in [0.3, 0.4) is 0 Å². The molecule has 0 aliphatic heterocycles. The molecule has 10 heteroatoms. The highest BCUT2D eigenvalue weighted by Crippen LogP contribution is 2.28. The number of nitro benzene ring substituents is 1. The van der Waals surface area contributed by atoms with Crippen molar-refractivity contribution in [3.05, 3.63) is 116 Å². The molecule has 0 unspecified atom stereocenters. The molecular formula is C25H20ClFN4O4. The molecule has 0 bridgehead atoms. The quantitative estimate of drug-likeness (QED) is 0.247. The number of carbonyl (C=O) groups excluding carboxylic acids is 1. The smallest absolute Gasteiger partial charge is 0.311 e. The molecule has 0 saturated heterocycles. The number of rotatable bonds is 8. The molecule has 0 spiro atoms. The van der Waals surface area contributed by atoms with E-state index in [2.05, 4.69) is 10.4 Å². The van der Waals surface area contributed by atoms with E-state index in [1.165, 1.54) is 22.9 Å². The second-order valence-corrected chi connectivity index (χ2v) is 8.18. The van der Waals surface area contributed by atoms with Gasteiger partial charge in [0.2, 0.25) is 0 Å². The van der Waals surface area contributed by atoms with Gasteiger partial charge in [-0.3, -0.25) is 19.6 Å². The van der Waals surface area contributed by atoms with Gasteiger partial charge in [0.1, 0.15) is 12.4 Å². The number of amides is 1. The number of halogens is 2. The van der Waals surface area contributed by atoms with Crippen LogP contribution in [-0.2, 0) is 13.2 Å². The average molecular weight is 495 g/mol. The predicted octanol–water partition coefficient (Wildman–Crippen LogP) is 5.77. The normalized spacial score (nSPS) is 10.7. The van der Waals surface area contributed by atoms with Crippen molar-refractivity contribution in [3.8, 4) is 5.75 Å². The van der Waals surface area contributed by atoms with Crippen LogP contribution in [0.25, 0.3) is 0 Å². The van der Waals surface area contributed by atoms with Gasteiger partial charge in [-0.1, -0.05) is 35.9 Å². The van der Waals surface area contributed by atoms with Gasteiger partial charge in [-0.05, 0) is 48.4 Å². The summed E-state index contributed by atoms with van der Waals surface area (Å²) in [4.78, 5) is 23.5. The fraction of sp³-hybridized carbons (Fsp3) is 0.120. The monoisotopic (exact) mass is 494 g/mol. The lowest BCUT2D eigenvalue weighted by molar-refractivity contribution is -0.386. The number of aromatic nitrogens is 2. The largest absolute Gasteiger partial charge is 0.482 e. The summed E-state index contributed by atoms with van der Waals surface area (Å²) in [6.07, 6.45) is 1.61. The van der Waals surface area contributed by atoms with Gasteiger partial charge < -0.3 is 10.1 Å². The van der Waals surface area contributed by atoms with Crippen molar-refractivity contribution < 1.29 is 18.8 Å². The molecule has 0 aliphatic rings. The molecule has 4 aromatic rings. The number of hydrogen-bond donors (Lipinski definition) is 1. The van der Waals surface area contributed by atoms with Crippen LogP contribution in [0.5, 0.6) is 5.75 Å². The van der Waals surface area contributed by atoms with Gasteiger partial charge in [0, 0.05) is 34.5 Å². The summed E-state index contributed by atoms with van der Waals surface area (Å²) < 4.78 is 21.1. The number of ether oxygens (including phenoxy) is 1. The third-order valence-corrected chi connectivity index (χ3v) is 5.51. The molecule has 1 heterocycles. The van der Waals surface area contributed by atoms with Crippen LogP contribution in [0, 0.1) is 22.9 Å². The average Bonchev–Trinajstić information content (AvgIpc) is 3.27. The lowest BCUT2D eigenvalue weighted by atomic mass is 10.1. The highest BCUT2D eigenvalue weighted by atomic mass is 35.5. The summed E-state index contributed by atoms with van der Waals surface area (Å²) in [7, 11) is 0. The molecule has 0 saturated carbocycles. The number of nitrogens with zero attached hydrogens (tertiary/aromatic N) is 3. The Hall–Kier alpha value is -4.24. The zero-order chi connectivity index (χ0) is 24.9. The molecule has 1 N–H and O–H groups in total. The molecule has 1 amide bonds. The zero-order valence-corrected chi connectivity index (χ0v) is 19.3. The SMILES string of the molecule is Cc1ccc(OCc2cccc(C(=O)Nc3ccn(Cc4c(F)cccc4Cl)n3)c2)c([N+](=O)[O-])c1. The first-order valence-corrected chi connectivity index (χ1v) is 10.9. The van der Waals surface area contributed by atoms with Gasteiger partial charge in [-0.25, -0.2) is 4.39 Å². The van der Waals surface area contributed by atoms with E-state index in [0.717, 1.165) is 5.56 Å². The molecule has 178 valence electrons. The van der Waals surface area contributed by atoms with E-state index in [1.54, 1.807) is 61.7 Å². The first-order valence-electron chi connectivity index (χ1n) is 10.5. The first-order chi connectivity index (χ1) is 16.8. The Bertz CT molecular complexity index is 1390. The fourth-order valence-electron chi connectivity index (χ4n) is 3.41. The summed E-state index contributed by atoms with van der Waals surface area (Å²) in [5, 5.41) is 18.5. The number of nitrogens with one attached hydrogen (secondary N) is 1. The molecule has 4 rings (SSSR count). The molecular weight excluding hydrogens is 475 g/mol. The number of carbonyl (C=O) groups is 1. The van der Waals surface area contributed by atoms with Gasteiger partial charge in [0.05, 0.1) is 11.5 Å². The van der Waals surface area contributed by atoms with Crippen LogP contribution in [0.1, 0.15) is 27.0 Å². The third-order valence-electron chi connectivity index (χ3n) is 5.16. The number of aryl methyl sites for hydroxylation is 1. The van der Waals surface area contributed by atoms with Crippen LogP contribution in [0.4, 0.5) is 15.9 Å². The molecule has 3 aromatic carbocycles. The van der Waals surface area contributed by atoms with Crippen molar-refractivity contribution in [2.24, 2.45) is 0 Å². The Morgan fingerprint density at radius 2 is 1.97 bits per heavy atom. The lowest BCUT2D eigenvalue weighted by Gasteiger charge is -2.09. The van der Waals surface area contributed by atoms with E-state index in [-0.39, 0.29) is 24.6 Å². The van der Waals surface area contributed by atoms with Gasteiger partial charge in [-0.2, -0.15) is 5.10 Å². The first kappa shape index (κ1) is 23.9. The van der Waals surface area contributed by atoms with Crippen molar-refractivity contribution in [1.82, 2.24) is 9.78 Å². The van der Waals surface area contributed by atoms with Crippen LogP contribution in [-0.4, -0.2) is 20.6 Å². The fourth-order valence-corrected chi connectivity index (χ4v) is 3.63. The van der Waals surface area contributed by atoms with Gasteiger partial charge in [0.25, 0.3) is 5.91 Å². The second-order valence-electron chi connectivity index (χ2n) is 7.77. The van der Waals surface area contributed by atoms with E-state index < -0.39 is 16.6 Å².